The molecule has 0 aromatic carbocycles. The lowest BCUT2D eigenvalue weighted by atomic mass is 10.3. The predicted octanol–water partition coefficient (Wildman–Crippen LogP) is 2.92. The fourth-order valence-electron chi connectivity index (χ4n) is 1.44. The van der Waals surface area contributed by atoms with Gasteiger partial charge in [-0.2, -0.15) is 18.3 Å². The average molecular weight is 305 g/mol. The summed E-state index contributed by atoms with van der Waals surface area (Å²) in [5, 5.41) is 7.31. The Hall–Kier alpha value is -2.09. The number of hydrogen-bond donors (Lipinski definition) is 0. The van der Waals surface area contributed by atoms with Crippen LogP contribution in [0.25, 0.3) is 5.82 Å². The highest BCUT2D eigenvalue weighted by Crippen LogP contribution is 2.31. The van der Waals surface area contributed by atoms with E-state index in [1.807, 2.05) is 0 Å². The monoisotopic (exact) mass is 304 g/mol. The first-order valence-corrected chi connectivity index (χ1v) is 5.65. The number of oxime groups is 1. The summed E-state index contributed by atoms with van der Waals surface area (Å²) in [5.74, 6) is 0.0715. The minimum absolute atomic E-state index is 0.0715. The van der Waals surface area contributed by atoms with Gasteiger partial charge in [0, 0.05) is 6.20 Å². The van der Waals surface area contributed by atoms with Crippen LogP contribution in [-0.2, 0) is 11.0 Å². The summed E-state index contributed by atoms with van der Waals surface area (Å²) in [6.45, 7) is 0. The van der Waals surface area contributed by atoms with E-state index in [1.54, 1.807) is 6.07 Å². The topological polar surface area (TPSA) is 52.3 Å². The van der Waals surface area contributed by atoms with Crippen LogP contribution in [0.1, 0.15) is 11.3 Å². The molecule has 0 saturated heterocycles. The van der Waals surface area contributed by atoms with Gasteiger partial charge in [-0.3, -0.25) is 0 Å². The van der Waals surface area contributed by atoms with Crippen LogP contribution in [0.5, 0.6) is 0 Å². The first-order chi connectivity index (χ1) is 9.43. The lowest BCUT2D eigenvalue weighted by Crippen LogP contribution is -2.09. The minimum atomic E-state index is -4.50. The number of aromatic nitrogens is 3. The van der Waals surface area contributed by atoms with Crippen molar-refractivity contribution in [1.29, 1.82) is 0 Å². The van der Waals surface area contributed by atoms with Crippen molar-refractivity contribution in [3.63, 3.8) is 0 Å². The maximum atomic E-state index is 12.5. The van der Waals surface area contributed by atoms with Crippen molar-refractivity contribution in [2.24, 2.45) is 5.16 Å². The molecular formula is C11H8ClF3N4O. The molecule has 0 bridgehead atoms. The average Bonchev–Trinajstić information content (AvgIpc) is 2.83. The molecule has 0 aliphatic heterocycles. The zero-order valence-electron chi connectivity index (χ0n) is 10.1. The second-order valence-corrected chi connectivity index (χ2v) is 4.02. The zero-order valence-corrected chi connectivity index (χ0v) is 10.9. The molecule has 0 amide bonds. The molecule has 0 fully saturated rings. The van der Waals surface area contributed by atoms with Crippen molar-refractivity contribution in [2.75, 3.05) is 7.11 Å². The second-order valence-electron chi connectivity index (χ2n) is 3.61. The number of hydrogen-bond acceptors (Lipinski definition) is 4. The van der Waals surface area contributed by atoms with Crippen molar-refractivity contribution < 1.29 is 18.0 Å². The standard InChI is InChI=1S/C11H8ClF3N4O/c1-20-18-6-8-2-3-17-19(8)10-9(12)4-7(5-16-10)11(13,14)15/h2-6H,1H3/b18-6-. The summed E-state index contributed by atoms with van der Waals surface area (Å²) < 4.78 is 38.8. The molecule has 2 rings (SSSR count). The lowest BCUT2D eigenvalue weighted by Gasteiger charge is -2.09. The van der Waals surface area contributed by atoms with Crippen LogP contribution in [0.4, 0.5) is 13.2 Å². The van der Waals surface area contributed by atoms with Gasteiger partial charge in [0.25, 0.3) is 0 Å². The van der Waals surface area contributed by atoms with Gasteiger partial charge in [0.15, 0.2) is 5.82 Å². The third kappa shape index (κ3) is 2.90. The number of nitrogens with zero attached hydrogens (tertiary/aromatic N) is 4. The van der Waals surface area contributed by atoms with Crippen molar-refractivity contribution in [2.45, 2.75) is 6.18 Å². The third-order valence-corrected chi connectivity index (χ3v) is 2.59. The Labute approximate surface area is 116 Å². The third-order valence-electron chi connectivity index (χ3n) is 2.31. The quantitative estimate of drug-likeness (QED) is 0.647. The van der Waals surface area contributed by atoms with Crippen LogP contribution in [0, 0.1) is 0 Å². The van der Waals surface area contributed by atoms with E-state index in [-0.39, 0.29) is 10.8 Å². The van der Waals surface area contributed by atoms with E-state index in [4.69, 9.17) is 11.6 Å². The Kier molecular flexibility index (Phi) is 3.93. The van der Waals surface area contributed by atoms with Crippen LogP contribution >= 0.6 is 11.6 Å². The molecule has 2 aromatic rings. The van der Waals surface area contributed by atoms with E-state index in [0.29, 0.717) is 11.9 Å². The molecule has 0 saturated carbocycles. The first kappa shape index (κ1) is 14.3. The number of alkyl halides is 3. The lowest BCUT2D eigenvalue weighted by molar-refractivity contribution is -0.137. The van der Waals surface area contributed by atoms with Gasteiger partial charge in [-0.15, -0.1) is 0 Å². The Morgan fingerprint density at radius 1 is 1.45 bits per heavy atom. The summed E-state index contributed by atoms with van der Waals surface area (Å²) in [5.41, 5.74) is -0.466. The van der Waals surface area contributed by atoms with Crippen LogP contribution < -0.4 is 0 Å². The Balaban J connectivity index is 2.44. The molecule has 0 atom stereocenters. The van der Waals surface area contributed by atoms with Crippen molar-refractivity contribution in [3.05, 3.63) is 40.8 Å². The molecular weight excluding hydrogens is 297 g/mol. The molecule has 0 spiro atoms. The van der Waals surface area contributed by atoms with Gasteiger partial charge in [0.05, 0.1) is 28.7 Å². The predicted molar refractivity (Wildman–Crippen MR) is 66.0 cm³/mol. The molecule has 2 aromatic heterocycles. The van der Waals surface area contributed by atoms with E-state index in [0.717, 1.165) is 6.07 Å². The molecule has 9 heteroatoms. The highest BCUT2D eigenvalue weighted by atomic mass is 35.5. The SMILES string of the molecule is CO/N=C\c1ccnn1-c1ncc(C(F)(F)F)cc1Cl. The molecule has 0 aliphatic carbocycles. The van der Waals surface area contributed by atoms with Gasteiger partial charge in [-0.25, -0.2) is 9.67 Å². The van der Waals surface area contributed by atoms with E-state index < -0.39 is 11.7 Å². The summed E-state index contributed by atoms with van der Waals surface area (Å²) in [7, 11) is 1.36. The molecule has 5 nitrogen and oxygen atoms in total. The summed E-state index contributed by atoms with van der Waals surface area (Å²) in [6.07, 6.45) is -1.03. The van der Waals surface area contributed by atoms with Crippen LogP contribution in [-0.4, -0.2) is 28.1 Å². The van der Waals surface area contributed by atoms with Gasteiger partial charge in [-0.05, 0) is 12.1 Å². The molecule has 106 valence electrons. The maximum absolute atomic E-state index is 12.5. The highest BCUT2D eigenvalue weighted by Gasteiger charge is 2.31. The van der Waals surface area contributed by atoms with E-state index in [9.17, 15) is 13.2 Å². The van der Waals surface area contributed by atoms with Crippen LogP contribution in [0.15, 0.2) is 29.7 Å². The maximum Gasteiger partial charge on any atom is 0.417 e. The van der Waals surface area contributed by atoms with Gasteiger partial charge in [-0.1, -0.05) is 16.8 Å². The summed E-state index contributed by atoms with van der Waals surface area (Å²) in [4.78, 5) is 8.23. The Morgan fingerprint density at radius 3 is 2.80 bits per heavy atom. The normalized spacial score (nSPS) is 12.1. The molecule has 20 heavy (non-hydrogen) atoms. The number of halogens is 4. The molecule has 0 radical (unpaired) electrons. The second kappa shape index (κ2) is 5.49. The molecule has 0 N–H and O–H groups in total. The van der Waals surface area contributed by atoms with E-state index in [1.165, 1.54) is 24.2 Å². The van der Waals surface area contributed by atoms with Gasteiger partial charge >= 0.3 is 6.18 Å². The molecule has 0 aliphatic rings. The van der Waals surface area contributed by atoms with Gasteiger partial charge in [0.2, 0.25) is 0 Å². The zero-order chi connectivity index (χ0) is 14.8. The summed E-state index contributed by atoms with van der Waals surface area (Å²) >= 11 is 5.83. The fourth-order valence-corrected chi connectivity index (χ4v) is 1.68. The van der Waals surface area contributed by atoms with Crippen molar-refractivity contribution in [1.82, 2.24) is 14.8 Å². The first-order valence-electron chi connectivity index (χ1n) is 5.27. The molecule has 2 heterocycles. The number of pyridine rings is 1. The fraction of sp³-hybridized carbons (Fsp3) is 0.182. The largest absolute Gasteiger partial charge is 0.417 e. The van der Waals surface area contributed by atoms with E-state index >= 15 is 0 Å². The number of rotatable bonds is 3. The van der Waals surface area contributed by atoms with E-state index in [2.05, 4.69) is 20.1 Å². The van der Waals surface area contributed by atoms with Crippen LogP contribution in [0.3, 0.4) is 0 Å². The van der Waals surface area contributed by atoms with Gasteiger partial charge < -0.3 is 4.84 Å². The smallest absolute Gasteiger partial charge is 0.399 e. The Morgan fingerprint density at radius 2 is 2.20 bits per heavy atom. The minimum Gasteiger partial charge on any atom is -0.399 e. The van der Waals surface area contributed by atoms with Crippen molar-refractivity contribution >= 4 is 17.8 Å². The van der Waals surface area contributed by atoms with Crippen molar-refractivity contribution in [3.8, 4) is 5.82 Å². The highest BCUT2D eigenvalue weighted by molar-refractivity contribution is 6.32. The van der Waals surface area contributed by atoms with Crippen LogP contribution in [0.2, 0.25) is 5.02 Å². The summed E-state index contributed by atoms with van der Waals surface area (Å²) in [6, 6.07) is 2.38. The Bertz CT molecular complexity index is 639. The van der Waals surface area contributed by atoms with Gasteiger partial charge in [0.1, 0.15) is 7.11 Å². The molecule has 0 unspecified atom stereocenters.